The zero-order chi connectivity index (χ0) is 22.9. The Morgan fingerprint density at radius 3 is 2.53 bits per heavy atom. The Balaban J connectivity index is 1.67. The number of imidazole rings is 1. The third-order valence-corrected chi connectivity index (χ3v) is 6.36. The van der Waals surface area contributed by atoms with Gasteiger partial charge in [0.1, 0.15) is 17.0 Å². The van der Waals surface area contributed by atoms with E-state index in [9.17, 15) is 0 Å². The number of hydrogen-bond donors (Lipinski definition) is 1. The van der Waals surface area contributed by atoms with Gasteiger partial charge in [0.2, 0.25) is 5.95 Å². The first-order chi connectivity index (χ1) is 15.2. The summed E-state index contributed by atoms with van der Waals surface area (Å²) in [5.74, 6) is 3.91. The molecular formula is C27H37N3O2. The molecule has 1 heterocycles. The van der Waals surface area contributed by atoms with Gasteiger partial charge in [-0.2, -0.15) is 0 Å². The highest BCUT2D eigenvalue weighted by atomic mass is 16.5. The minimum atomic E-state index is 0.160. The van der Waals surface area contributed by atoms with Gasteiger partial charge in [0, 0.05) is 12.2 Å². The van der Waals surface area contributed by atoms with Gasteiger partial charge in [-0.05, 0) is 86.8 Å². The van der Waals surface area contributed by atoms with Crippen LogP contribution in [-0.2, 0) is 6.54 Å². The van der Waals surface area contributed by atoms with Gasteiger partial charge in [0.25, 0.3) is 0 Å². The predicted molar refractivity (Wildman–Crippen MR) is 132 cm³/mol. The molecule has 1 unspecified atom stereocenters. The summed E-state index contributed by atoms with van der Waals surface area (Å²) in [5, 5.41) is 3.56. The second-order valence-corrected chi connectivity index (χ2v) is 10.5. The molecule has 2 aromatic carbocycles. The van der Waals surface area contributed by atoms with Crippen molar-refractivity contribution in [2.75, 3.05) is 12.4 Å². The summed E-state index contributed by atoms with van der Waals surface area (Å²) in [7, 11) is 1.71. The van der Waals surface area contributed by atoms with E-state index in [-0.39, 0.29) is 6.10 Å². The van der Waals surface area contributed by atoms with Crippen molar-refractivity contribution in [3.05, 3.63) is 42.5 Å². The molecule has 5 nitrogen and oxygen atoms in total. The van der Waals surface area contributed by atoms with Gasteiger partial charge in [-0.25, -0.2) is 4.98 Å². The van der Waals surface area contributed by atoms with Gasteiger partial charge in [0.05, 0.1) is 18.7 Å². The maximum absolute atomic E-state index is 5.79. The number of aromatic nitrogens is 2. The normalized spacial score (nSPS) is 20.5. The van der Waals surface area contributed by atoms with E-state index in [0.717, 1.165) is 46.6 Å². The quantitative estimate of drug-likeness (QED) is 0.432. The van der Waals surface area contributed by atoms with Crippen LogP contribution in [0.4, 0.5) is 11.6 Å². The molecule has 1 fully saturated rings. The molecule has 1 aromatic heterocycles. The van der Waals surface area contributed by atoms with E-state index in [0.29, 0.717) is 11.3 Å². The van der Waals surface area contributed by atoms with Crippen molar-refractivity contribution >= 4 is 22.7 Å². The lowest BCUT2D eigenvalue weighted by atomic mass is 9.68. The number of anilines is 2. The smallest absolute Gasteiger partial charge is 0.208 e. The molecule has 32 heavy (non-hydrogen) atoms. The molecular weight excluding hydrogens is 398 g/mol. The Labute approximate surface area is 192 Å². The minimum Gasteiger partial charge on any atom is -0.494 e. The number of nitrogens with zero attached hydrogens (tertiary/aromatic N) is 2. The van der Waals surface area contributed by atoms with Crippen LogP contribution in [0.5, 0.6) is 11.5 Å². The number of benzene rings is 2. The lowest BCUT2D eigenvalue weighted by Gasteiger charge is -2.39. The monoisotopic (exact) mass is 435 g/mol. The first-order valence-corrected chi connectivity index (χ1v) is 11.8. The van der Waals surface area contributed by atoms with Gasteiger partial charge in [-0.3, -0.25) is 0 Å². The molecule has 0 amide bonds. The van der Waals surface area contributed by atoms with E-state index in [2.05, 4.69) is 42.8 Å². The average molecular weight is 436 g/mol. The number of methoxy groups -OCH3 is 1. The van der Waals surface area contributed by atoms with Crippen molar-refractivity contribution in [3.8, 4) is 11.5 Å². The molecule has 1 N–H and O–H groups in total. The SMILES string of the molecule is COc1cccc2c1nc(Nc1ccc(OC(C)C)cc1)n2CC1C[C@H](C)CC(C)(C)C1. The molecule has 2 atom stereocenters. The summed E-state index contributed by atoms with van der Waals surface area (Å²) in [4.78, 5) is 4.97. The maximum atomic E-state index is 5.79. The first-order valence-electron chi connectivity index (χ1n) is 11.8. The Hall–Kier alpha value is -2.69. The highest BCUT2D eigenvalue weighted by Gasteiger charge is 2.32. The molecule has 3 aromatic rings. The predicted octanol–water partition coefficient (Wildman–Crippen LogP) is 7.04. The summed E-state index contributed by atoms with van der Waals surface area (Å²) >= 11 is 0. The van der Waals surface area contributed by atoms with E-state index in [1.54, 1.807) is 7.11 Å². The summed E-state index contributed by atoms with van der Waals surface area (Å²) in [6, 6.07) is 14.3. The van der Waals surface area contributed by atoms with E-state index in [1.165, 1.54) is 19.3 Å². The standard InChI is InChI=1S/C27H37N3O2/c1-18(2)32-22-12-10-21(11-13-22)28-26-29-25-23(8-7-9-24(25)31-6)30(26)17-20-14-19(3)15-27(4,5)16-20/h7-13,18-20H,14-17H2,1-6H3,(H,28,29)/t19-,20?/m0/s1. The number of ether oxygens (including phenoxy) is 2. The number of fused-ring (bicyclic) bond motifs is 1. The second kappa shape index (κ2) is 9.05. The van der Waals surface area contributed by atoms with E-state index in [4.69, 9.17) is 14.5 Å². The van der Waals surface area contributed by atoms with Crippen LogP contribution in [-0.4, -0.2) is 22.8 Å². The topological polar surface area (TPSA) is 48.3 Å². The van der Waals surface area contributed by atoms with Gasteiger partial charge in [-0.15, -0.1) is 0 Å². The molecule has 4 rings (SSSR count). The van der Waals surface area contributed by atoms with Crippen molar-refractivity contribution in [1.29, 1.82) is 0 Å². The lowest BCUT2D eigenvalue weighted by molar-refractivity contribution is 0.123. The summed E-state index contributed by atoms with van der Waals surface area (Å²) in [6.45, 7) is 12.2. The van der Waals surface area contributed by atoms with Crippen LogP contribution in [0.3, 0.4) is 0 Å². The first kappa shape index (κ1) is 22.5. The van der Waals surface area contributed by atoms with Crippen LogP contribution >= 0.6 is 0 Å². The van der Waals surface area contributed by atoms with Crippen LogP contribution in [0.25, 0.3) is 11.0 Å². The van der Waals surface area contributed by atoms with Crippen molar-refractivity contribution in [1.82, 2.24) is 9.55 Å². The Morgan fingerprint density at radius 2 is 1.88 bits per heavy atom. The van der Waals surface area contributed by atoms with Gasteiger partial charge >= 0.3 is 0 Å². The van der Waals surface area contributed by atoms with E-state index in [1.807, 2.05) is 44.2 Å². The number of nitrogens with one attached hydrogen (secondary N) is 1. The minimum absolute atomic E-state index is 0.160. The third kappa shape index (κ3) is 5.03. The van der Waals surface area contributed by atoms with Crippen LogP contribution in [0.15, 0.2) is 42.5 Å². The molecule has 1 aliphatic carbocycles. The molecule has 0 radical (unpaired) electrons. The van der Waals surface area contributed by atoms with E-state index < -0.39 is 0 Å². The molecule has 0 saturated heterocycles. The van der Waals surface area contributed by atoms with Crippen LogP contribution in [0, 0.1) is 17.3 Å². The van der Waals surface area contributed by atoms with Crippen molar-refractivity contribution in [2.45, 2.75) is 66.5 Å². The number of para-hydroxylation sites is 1. The van der Waals surface area contributed by atoms with Crippen molar-refractivity contribution in [3.63, 3.8) is 0 Å². The largest absolute Gasteiger partial charge is 0.494 e. The van der Waals surface area contributed by atoms with Crippen LogP contribution in [0.1, 0.15) is 53.9 Å². The Kier molecular flexibility index (Phi) is 6.36. The van der Waals surface area contributed by atoms with E-state index >= 15 is 0 Å². The lowest BCUT2D eigenvalue weighted by Crippen LogP contribution is -2.30. The van der Waals surface area contributed by atoms with Gasteiger partial charge < -0.3 is 19.4 Å². The summed E-state index contributed by atoms with van der Waals surface area (Å²) in [5.41, 5.74) is 3.40. The molecule has 5 heteroatoms. The zero-order valence-electron chi connectivity index (χ0n) is 20.3. The third-order valence-electron chi connectivity index (χ3n) is 6.36. The molecule has 0 aliphatic heterocycles. The maximum Gasteiger partial charge on any atom is 0.208 e. The molecule has 0 spiro atoms. The van der Waals surface area contributed by atoms with Crippen molar-refractivity contribution in [2.24, 2.45) is 17.3 Å². The highest BCUT2D eigenvalue weighted by Crippen LogP contribution is 2.43. The highest BCUT2D eigenvalue weighted by molar-refractivity contribution is 5.85. The van der Waals surface area contributed by atoms with Crippen molar-refractivity contribution < 1.29 is 9.47 Å². The Morgan fingerprint density at radius 1 is 1.12 bits per heavy atom. The number of rotatable bonds is 7. The molecule has 172 valence electrons. The zero-order valence-corrected chi connectivity index (χ0v) is 20.3. The summed E-state index contributed by atoms with van der Waals surface area (Å²) < 4.78 is 13.7. The second-order valence-electron chi connectivity index (χ2n) is 10.5. The van der Waals surface area contributed by atoms with Gasteiger partial charge in [-0.1, -0.05) is 26.8 Å². The summed E-state index contributed by atoms with van der Waals surface area (Å²) in [6.07, 6.45) is 3.96. The number of hydrogen-bond acceptors (Lipinski definition) is 4. The Bertz CT molecular complexity index is 1050. The fraction of sp³-hybridized carbons (Fsp3) is 0.519. The van der Waals surface area contributed by atoms with Crippen LogP contribution in [0.2, 0.25) is 0 Å². The fourth-order valence-corrected chi connectivity index (χ4v) is 5.53. The fourth-order valence-electron chi connectivity index (χ4n) is 5.53. The average Bonchev–Trinajstić information content (AvgIpc) is 3.04. The molecule has 0 bridgehead atoms. The van der Waals surface area contributed by atoms with Gasteiger partial charge in [0.15, 0.2) is 0 Å². The molecule has 1 aliphatic rings. The van der Waals surface area contributed by atoms with Crippen LogP contribution < -0.4 is 14.8 Å². The molecule has 1 saturated carbocycles.